The van der Waals surface area contributed by atoms with Crippen molar-refractivity contribution < 1.29 is 14.3 Å². The molecule has 25 heavy (non-hydrogen) atoms. The van der Waals surface area contributed by atoms with Gasteiger partial charge in [-0.2, -0.15) is 0 Å². The molecular formula is C18H16N2O4S. The Morgan fingerprint density at radius 2 is 2.04 bits per heavy atom. The number of ether oxygens (including phenoxy) is 1. The molecule has 0 aliphatic heterocycles. The van der Waals surface area contributed by atoms with E-state index < -0.39 is 24.0 Å². The van der Waals surface area contributed by atoms with Gasteiger partial charge in [-0.25, -0.2) is 4.79 Å². The third-order valence-corrected chi connectivity index (χ3v) is 4.71. The van der Waals surface area contributed by atoms with Gasteiger partial charge in [0.15, 0.2) is 6.61 Å². The van der Waals surface area contributed by atoms with E-state index in [1.807, 2.05) is 24.4 Å². The second-order valence-electron chi connectivity index (χ2n) is 5.47. The number of hydrogen-bond donors (Lipinski definition) is 2. The highest BCUT2D eigenvalue weighted by atomic mass is 32.1. The first-order chi connectivity index (χ1) is 12.0. The standard InChI is InChI=1S/C18H16N2O4S/c1-11(15-7-4-8-25-15)19-17(22)10-24-18(23)13-9-16(21)20-14-6-3-2-5-12(13)14/h2-9,11H,10H2,1H3,(H,19,22)(H,20,21)/t11-/m0/s1. The van der Waals surface area contributed by atoms with Gasteiger partial charge in [-0.1, -0.05) is 24.3 Å². The number of esters is 1. The van der Waals surface area contributed by atoms with Crippen LogP contribution in [0.1, 0.15) is 28.2 Å². The smallest absolute Gasteiger partial charge is 0.339 e. The molecule has 0 saturated carbocycles. The number of benzene rings is 1. The van der Waals surface area contributed by atoms with Crippen LogP contribution in [0.2, 0.25) is 0 Å². The highest BCUT2D eigenvalue weighted by Gasteiger charge is 2.16. The fourth-order valence-electron chi connectivity index (χ4n) is 2.47. The number of aromatic amines is 1. The number of H-pyrrole nitrogens is 1. The molecule has 1 amide bonds. The summed E-state index contributed by atoms with van der Waals surface area (Å²) in [5, 5.41) is 5.26. The van der Waals surface area contributed by atoms with Crippen molar-refractivity contribution >= 4 is 34.1 Å². The number of para-hydroxylation sites is 1. The Morgan fingerprint density at radius 1 is 1.24 bits per heavy atom. The first-order valence-corrected chi connectivity index (χ1v) is 8.54. The summed E-state index contributed by atoms with van der Waals surface area (Å²) in [6, 6.07) is 11.8. The van der Waals surface area contributed by atoms with Crippen LogP contribution in [0.5, 0.6) is 0 Å². The predicted molar refractivity (Wildman–Crippen MR) is 95.7 cm³/mol. The molecule has 128 valence electrons. The van der Waals surface area contributed by atoms with Gasteiger partial charge in [-0.05, 0) is 24.4 Å². The topological polar surface area (TPSA) is 88.3 Å². The largest absolute Gasteiger partial charge is 0.452 e. The Balaban J connectivity index is 1.67. The SMILES string of the molecule is C[C@H](NC(=O)COC(=O)c1cc(=O)[nH]c2ccccc12)c1cccs1. The average Bonchev–Trinajstić information content (AvgIpc) is 3.13. The van der Waals surface area contributed by atoms with Crippen LogP contribution in [-0.4, -0.2) is 23.5 Å². The van der Waals surface area contributed by atoms with Crippen molar-refractivity contribution in [1.29, 1.82) is 0 Å². The number of pyridine rings is 1. The van der Waals surface area contributed by atoms with Crippen LogP contribution in [0.4, 0.5) is 0 Å². The fraction of sp³-hybridized carbons (Fsp3) is 0.167. The Hall–Kier alpha value is -2.93. The van der Waals surface area contributed by atoms with Gasteiger partial charge in [-0.15, -0.1) is 11.3 Å². The lowest BCUT2D eigenvalue weighted by atomic mass is 10.1. The van der Waals surface area contributed by atoms with Crippen LogP contribution < -0.4 is 10.9 Å². The van der Waals surface area contributed by atoms with Crippen molar-refractivity contribution in [2.24, 2.45) is 0 Å². The summed E-state index contributed by atoms with van der Waals surface area (Å²) in [5.74, 6) is -1.11. The number of fused-ring (bicyclic) bond motifs is 1. The predicted octanol–water partition coefficient (Wildman–Crippen LogP) is 2.62. The van der Waals surface area contributed by atoms with Crippen molar-refractivity contribution in [1.82, 2.24) is 10.3 Å². The van der Waals surface area contributed by atoms with Gasteiger partial charge in [0.05, 0.1) is 11.6 Å². The summed E-state index contributed by atoms with van der Waals surface area (Å²) in [4.78, 5) is 39.6. The molecule has 6 nitrogen and oxygen atoms in total. The summed E-state index contributed by atoms with van der Waals surface area (Å²) < 4.78 is 5.07. The molecule has 3 rings (SSSR count). The first-order valence-electron chi connectivity index (χ1n) is 7.66. The molecule has 0 aliphatic carbocycles. The molecule has 0 saturated heterocycles. The number of rotatable bonds is 5. The number of aromatic nitrogens is 1. The number of hydrogen-bond acceptors (Lipinski definition) is 5. The Kier molecular flexibility index (Phi) is 4.95. The van der Waals surface area contributed by atoms with Gasteiger partial charge < -0.3 is 15.0 Å². The second kappa shape index (κ2) is 7.31. The van der Waals surface area contributed by atoms with E-state index >= 15 is 0 Å². The van der Waals surface area contributed by atoms with Gasteiger partial charge >= 0.3 is 5.97 Å². The minimum atomic E-state index is -0.707. The van der Waals surface area contributed by atoms with E-state index in [9.17, 15) is 14.4 Å². The van der Waals surface area contributed by atoms with Gasteiger partial charge in [0.25, 0.3) is 5.91 Å². The number of thiophene rings is 1. The Labute approximate surface area is 147 Å². The third-order valence-electron chi connectivity index (χ3n) is 3.65. The lowest BCUT2D eigenvalue weighted by Gasteiger charge is -2.12. The minimum absolute atomic E-state index is 0.137. The van der Waals surface area contributed by atoms with Crippen molar-refractivity contribution in [3.05, 3.63) is 68.6 Å². The Morgan fingerprint density at radius 3 is 2.80 bits per heavy atom. The van der Waals surface area contributed by atoms with Gasteiger partial charge in [-0.3, -0.25) is 9.59 Å². The zero-order chi connectivity index (χ0) is 17.8. The zero-order valence-corrected chi connectivity index (χ0v) is 14.3. The van der Waals surface area contributed by atoms with Crippen LogP contribution >= 0.6 is 11.3 Å². The van der Waals surface area contributed by atoms with Gasteiger partial charge in [0, 0.05) is 21.8 Å². The summed E-state index contributed by atoms with van der Waals surface area (Å²) in [5.41, 5.74) is 0.276. The van der Waals surface area contributed by atoms with Crippen LogP contribution in [-0.2, 0) is 9.53 Å². The van der Waals surface area contributed by atoms with E-state index in [4.69, 9.17) is 4.74 Å². The molecule has 2 heterocycles. The van der Waals surface area contributed by atoms with E-state index in [2.05, 4.69) is 10.3 Å². The molecule has 0 bridgehead atoms. The van der Waals surface area contributed by atoms with Crippen LogP contribution in [0.25, 0.3) is 10.9 Å². The molecule has 1 atom stereocenters. The normalized spacial score (nSPS) is 11.9. The highest BCUT2D eigenvalue weighted by Crippen LogP contribution is 2.18. The van der Waals surface area contributed by atoms with Crippen LogP contribution in [0.3, 0.4) is 0 Å². The molecule has 0 fully saturated rings. The summed E-state index contributed by atoms with van der Waals surface area (Å²) in [6.45, 7) is 1.45. The summed E-state index contributed by atoms with van der Waals surface area (Å²) >= 11 is 1.54. The van der Waals surface area contributed by atoms with Crippen LogP contribution in [0.15, 0.2) is 52.6 Å². The molecule has 3 aromatic rings. The number of nitrogens with one attached hydrogen (secondary N) is 2. The molecule has 7 heteroatoms. The maximum Gasteiger partial charge on any atom is 0.339 e. The number of carbonyl (C=O) groups excluding carboxylic acids is 2. The summed E-state index contributed by atoms with van der Waals surface area (Å²) in [6.07, 6.45) is 0. The lowest BCUT2D eigenvalue weighted by Crippen LogP contribution is -2.31. The number of amides is 1. The van der Waals surface area contributed by atoms with E-state index in [1.165, 1.54) is 17.4 Å². The third kappa shape index (κ3) is 3.95. The molecule has 0 aliphatic rings. The quantitative estimate of drug-likeness (QED) is 0.688. The first kappa shape index (κ1) is 16.9. The molecule has 0 radical (unpaired) electrons. The van der Waals surface area contributed by atoms with Gasteiger partial charge in [0.1, 0.15) is 0 Å². The zero-order valence-electron chi connectivity index (χ0n) is 13.4. The van der Waals surface area contributed by atoms with E-state index in [1.54, 1.807) is 24.3 Å². The van der Waals surface area contributed by atoms with Crippen molar-refractivity contribution in [3.63, 3.8) is 0 Å². The maximum atomic E-state index is 12.3. The fourth-order valence-corrected chi connectivity index (χ4v) is 3.21. The molecule has 2 aromatic heterocycles. The van der Waals surface area contributed by atoms with Gasteiger partial charge in [0.2, 0.25) is 5.56 Å². The molecule has 1 aromatic carbocycles. The molecule has 0 unspecified atom stereocenters. The minimum Gasteiger partial charge on any atom is -0.452 e. The monoisotopic (exact) mass is 356 g/mol. The lowest BCUT2D eigenvalue weighted by molar-refractivity contribution is -0.124. The van der Waals surface area contributed by atoms with Crippen molar-refractivity contribution in [3.8, 4) is 0 Å². The second-order valence-corrected chi connectivity index (χ2v) is 6.45. The van der Waals surface area contributed by atoms with Crippen molar-refractivity contribution in [2.75, 3.05) is 6.61 Å². The van der Waals surface area contributed by atoms with E-state index in [0.717, 1.165) is 4.88 Å². The highest BCUT2D eigenvalue weighted by molar-refractivity contribution is 7.10. The number of carbonyl (C=O) groups is 2. The van der Waals surface area contributed by atoms with E-state index in [-0.39, 0.29) is 11.6 Å². The molecule has 0 spiro atoms. The maximum absolute atomic E-state index is 12.3. The average molecular weight is 356 g/mol. The van der Waals surface area contributed by atoms with E-state index in [0.29, 0.717) is 10.9 Å². The van der Waals surface area contributed by atoms with Crippen LogP contribution in [0, 0.1) is 0 Å². The molecule has 2 N–H and O–H groups in total. The van der Waals surface area contributed by atoms with Crippen molar-refractivity contribution in [2.45, 2.75) is 13.0 Å². The summed E-state index contributed by atoms with van der Waals surface area (Å²) in [7, 11) is 0. The molecular weight excluding hydrogens is 340 g/mol. The Bertz CT molecular complexity index is 963.